The fourth-order valence-corrected chi connectivity index (χ4v) is 3.30. The molecular formula is C18H23FN4O. The number of hydrogen-bond acceptors (Lipinski definition) is 3. The van der Waals surface area contributed by atoms with Gasteiger partial charge in [-0.15, -0.1) is 0 Å². The lowest BCUT2D eigenvalue weighted by Gasteiger charge is -2.28. The Morgan fingerprint density at radius 1 is 1.42 bits per heavy atom. The van der Waals surface area contributed by atoms with Crippen molar-refractivity contribution in [1.29, 1.82) is 0 Å². The maximum Gasteiger partial charge on any atom is 0.272 e. The molecule has 24 heavy (non-hydrogen) atoms. The third-order valence-corrected chi connectivity index (χ3v) is 4.77. The highest BCUT2D eigenvalue weighted by atomic mass is 19.1. The number of rotatable bonds is 4. The molecule has 1 atom stereocenters. The summed E-state index contributed by atoms with van der Waals surface area (Å²) in [6, 6.07) is 6.88. The molecule has 0 bridgehead atoms. The van der Waals surface area contributed by atoms with E-state index in [-0.39, 0.29) is 18.3 Å². The molecular weight excluding hydrogens is 307 g/mol. The van der Waals surface area contributed by atoms with Crippen molar-refractivity contribution in [2.45, 2.75) is 31.8 Å². The van der Waals surface area contributed by atoms with Gasteiger partial charge < -0.3 is 10.2 Å². The Bertz CT molecular complexity index is 753. The summed E-state index contributed by atoms with van der Waals surface area (Å²) in [5.74, 6) is -0.553. The van der Waals surface area contributed by atoms with Crippen molar-refractivity contribution in [2.24, 2.45) is 7.05 Å². The van der Waals surface area contributed by atoms with Crippen LogP contribution in [0.2, 0.25) is 0 Å². The number of hydrogen-bond donors (Lipinski definition) is 1. The second-order valence-electron chi connectivity index (χ2n) is 6.53. The Kier molecular flexibility index (Phi) is 4.66. The summed E-state index contributed by atoms with van der Waals surface area (Å²) in [5, 5.41) is 7.21. The van der Waals surface area contributed by atoms with E-state index in [1.54, 1.807) is 22.9 Å². The SMILES string of the molecule is CN(C)C1CCc2c(c(C(=O)NCc3ccccc3F)nn2C)C1. The first-order chi connectivity index (χ1) is 11.5. The number of amides is 1. The van der Waals surface area contributed by atoms with Crippen LogP contribution in [-0.4, -0.2) is 40.7 Å². The van der Waals surface area contributed by atoms with Crippen molar-refractivity contribution in [3.05, 3.63) is 52.6 Å². The van der Waals surface area contributed by atoms with Crippen LogP contribution in [-0.2, 0) is 26.4 Å². The van der Waals surface area contributed by atoms with Gasteiger partial charge >= 0.3 is 0 Å². The van der Waals surface area contributed by atoms with Gasteiger partial charge in [0.15, 0.2) is 5.69 Å². The molecule has 128 valence electrons. The number of aromatic nitrogens is 2. The van der Waals surface area contributed by atoms with E-state index in [1.165, 1.54) is 6.07 Å². The molecule has 6 heteroatoms. The molecule has 0 spiro atoms. The number of likely N-dealkylation sites (N-methyl/N-ethyl adjacent to an activating group) is 1. The Hall–Kier alpha value is -2.21. The first-order valence-corrected chi connectivity index (χ1v) is 8.20. The molecule has 0 fully saturated rings. The van der Waals surface area contributed by atoms with Crippen molar-refractivity contribution in [1.82, 2.24) is 20.0 Å². The molecule has 1 N–H and O–H groups in total. The van der Waals surface area contributed by atoms with E-state index >= 15 is 0 Å². The number of nitrogens with one attached hydrogen (secondary N) is 1. The minimum Gasteiger partial charge on any atom is -0.346 e. The maximum absolute atomic E-state index is 13.7. The normalized spacial score (nSPS) is 17.0. The van der Waals surface area contributed by atoms with Crippen LogP contribution in [0.3, 0.4) is 0 Å². The summed E-state index contributed by atoms with van der Waals surface area (Å²) >= 11 is 0. The van der Waals surface area contributed by atoms with E-state index in [9.17, 15) is 9.18 Å². The van der Waals surface area contributed by atoms with Crippen LogP contribution in [0.1, 0.15) is 33.7 Å². The predicted octanol–water partition coefficient (Wildman–Crippen LogP) is 1.91. The number of benzene rings is 1. The predicted molar refractivity (Wildman–Crippen MR) is 90.3 cm³/mol. The smallest absolute Gasteiger partial charge is 0.272 e. The minimum absolute atomic E-state index is 0.161. The van der Waals surface area contributed by atoms with E-state index in [2.05, 4.69) is 29.4 Å². The van der Waals surface area contributed by atoms with Crippen LogP contribution in [0.15, 0.2) is 24.3 Å². The summed E-state index contributed by atoms with van der Waals surface area (Å²) < 4.78 is 15.5. The molecule has 1 aromatic carbocycles. The van der Waals surface area contributed by atoms with Crippen molar-refractivity contribution in [3.63, 3.8) is 0 Å². The number of fused-ring (bicyclic) bond motifs is 1. The zero-order valence-corrected chi connectivity index (χ0v) is 14.3. The molecule has 0 radical (unpaired) electrons. The van der Waals surface area contributed by atoms with E-state index in [1.807, 2.05) is 7.05 Å². The fraction of sp³-hybridized carbons (Fsp3) is 0.444. The third-order valence-electron chi connectivity index (χ3n) is 4.77. The first-order valence-electron chi connectivity index (χ1n) is 8.20. The lowest BCUT2D eigenvalue weighted by atomic mass is 9.90. The van der Waals surface area contributed by atoms with Crippen LogP contribution in [0.4, 0.5) is 4.39 Å². The Morgan fingerprint density at radius 3 is 2.88 bits per heavy atom. The van der Waals surface area contributed by atoms with Crippen molar-refractivity contribution < 1.29 is 9.18 Å². The standard InChI is InChI=1S/C18H23FN4O/c1-22(2)13-8-9-16-14(10-13)17(21-23(16)3)18(24)20-11-12-6-4-5-7-15(12)19/h4-7,13H,8-11H2,1-3H3,(H,20,24). The molecule has 1 aromatic heterocycles. The van der Waals surface area contributed by atoms with E-state index in [4.69, 9.17) is 0 Å². The van der Waals surface area contributed by atoms with Gasteiger partial charge in [0.05, 0.1) is 0 Å². The maximum atomic E-state index is 13.7. The van der Waals surface area contributed by atoms with Crippen molar-refractivity contribution in [2.75, 3.05) is 14.1 Å². The average molecular weight is 330 g/mol. The molecule has 0 saturated heterocycles. The van der Waals surface area contributed by atoms with Gasteiger partial charge in [-0.2, -0.15) is 5.10 Å². The van der Waals surface area contributed by atoms with E-state index in [0.29, 0.717) is 17.3 Å². The van der Waals surface area contributed by atoms with E-state index < -0.39 is 0 Å². The lowest BCUT2D eigenvalue weighted by molar-refractivity contribution is 0.0943. The first kappa shape index (κ1) is 16.6. The van der Waals surface area contributed by atoms with E-state index in [0.717, 1.165) is 30.5 Å². The summed E-state index contributed by atoms with van der Waals surface area (Å²) in [6.07, 6.45) is 2.80. The number of halogens is 1. The minimum atomic E-state index is -0.312. The highest BCUT2D eigenvalue weighted by Gasteiger charge is 2.29. The summed E-state index contributed by atoms with van der Waals surface area (Å²) in [5.41, 5.74) is 3.09. The van der Waals surface area contributed by atoms with Crippen LogP contribution >= 0.6 is 0 Å². The van der Waals surface area contributed by atoms with Gasteiger partial charge in [0.25, 0.3) is 5.91 Å². The molecule has 5 nitrogen and oxygen atoms in total. The Balaban J connectivity index is 1.77. The van der Waals surface area contributed by atoms with Crippen molar-refractivity contribution >= 4 is 5.91 Å². The van der Waals surface area contributed by atoms with Gasteiger partial charge in [0.1, 0.15) is 5.82 Å². The molecule has 1 amide bonds. The number of nitrogens with zero attached hydrogens (tertiary/aromatic N) is 3. The van der Waals surface area contributed by atoms with Crippen molar-refractivity contribution in [3.8, 4) is 0 Å². The Labute approximate surface area is 141 Å². The molecule has 2 aromatic rings. The van der Waals surface area contributed by atoms with Crippen LogP contribution in [0.5, 0.6) is 0 Å². The topological polar surface area (TPSA) is 50.2 Å². The second-order valence-corrected chi connectivity index (χ2v) is 6.53. The largest absolute Gasteiger partial charge is 0.346 e. The van der Waals surface area contributed by atoms with Crippen LogP contribution < -0.4 is 5.32 Å². The molecule has 3 rings (SSSR count). The zero-order valence-electron chi connectivity index (χ0n) is 14.3. The summed E-state index contributed by atoms with van der Waals surface area (Å²) in [6.45, 7) is 0.161. The number of aryl methyl sites for hydroxylation is 1. The molecule has 0 saturated carbocycles. The monoisotopic (exact) mass is 330 g/mol. The summed E-state index contributed by atoms with van der Waals surface area (Å²) in [4.78, 5) is 14.8. The average Bonchev–Trinajstić information content (AvgIpc) is 2.90. The Morgan fingerprint density at radius 2 is 2.17 bits per heavy atom. The highest BCUT2D eigenvalue weighted by molar-refractivity contribution is 5.94. The van der Waals surface area contributed by atoms with Crippen LogP contribution in [0, 0.1) is 5.82 Å². The van der Waals surface area contributed by atoms with Gasteiger partial charge in [-0.05, 0) is 39.4 Å². The highest BCUT2D eigenvalue weighted by Crippen LogP contribution is 2.26. The second kappa shape index (κ2) is 6.73. The zero-order chi connectivity index (χ0) is 17.3. The molecule has 0 aliphatic heterocycles. The molecule has 1 aliphatic rings. The molecule has 1 heterocycles. The third kappa shape index (κ3) is 3.19. The van der Waals surface area contributed by atoms with Crippen LogP contribution in [0.25, 0.3) is 0 Å². The summed E-state index contributed by atoms with van der Waals surface area (Å²) in [7, 11) is 6.00. The number of carbonyl (C=O) groups excluding carboxylic acids is 1. The lowest BCUT2D eigenvalue weighted by Crippen LogP contribution is -2.34. The number of carbonyl (C=O) groups is 1. The van der Waals surface area contributed by atoms with Gasteiger partial charge in [-0.1, -0.05) is 18.2 Å². The quantitative estimate of drug-likeness (QED) is 0.932. The molecule has 1 unspecified atom stereocenters. The van der Waals surface area contributed by atoms with Gasteiger partial charge in [-0.3, -0.25) is 9.48 Å². The van der Waals surface area contributed by atoms with Gasteiger partial charge in [0.2, 0.25) is 0 Å². The van der Waals surface area contributed by atoms with Gasteiger partial charge in [0, 0.05) is 36.5 Å². The van der Waals surface area contributed by atoms with Gasteiger partial charge in [-0.25, -0.2) is 4.39 Å². The fourth-order valence-electron chi connectivity index (χ4n) is 3.30. The molecule has 1 aliphatic carbocycles.